The maximum atomic E-state index is 13.7. The van der Waals surface area contributed by atoms with Gasteiger partial charge in [-0.05, 0) is 49.1 Å². The maximum Gasteiger partial charge on any atom is 0.416 e. The molecule has 3 aromatic rings. The van der Waals surface area contributed by atoms with Gasteiger partial charge in [0.05, 0.1) is 27.2 Å². The zero-order valence-corrected chi connectivity index (χ0v) is 18.4. The lowest BCUT2D eigenvalue weighted by Gasteiger charge is -2.26. The van der Waals surface area contributed by atoms with Crippen LogP contribution < -0.4 is 10.6 Å². The summed E-state index contributed by atoms with van der Waals surface area (Å²) >= 11 is 6.16. The van der Waals surface area contributed by atoms with Crippen molar-refractivity contribution in [3.8, 4) is 0 Å². The van der Waals surface area contributed by atoms with Crippen LogP contribution >= 0.6 is 11.6 Å². The van der Waals surface area contributed by atoms with Crippen LogP contribution in [0.1, 0.15) is 57.4 Å². The average Bonchev–Trinajstić information content (AvgIpc) is 3.15. The number of nitrogens with zero attached hydrogens (tertiary/aromatic N) is 1. The van der Waals surface area contributed by atoms with Gasteiger partial charge in [-0.1, -0.05) is 23.7 Å². The summed E-state index contributed by atoms with van der Waals surface area (Å²) in [6.07, 6.45) is -7.29. The molecule has 0 aliphatic heterocycles. The fourth-order valence-electron chi connectivity index (χ4n) is 3.58. The quantitative estimate of drug-likeness (QED) is 0.387. The number of imidazole rings is 1. The molecular formula is C22H17ClF6N4O2. The van der Waals surface area contributed by atoms with E-state index in [0.29, 0.717) is 12.1 Å². The Morgan fingerprint density at radius 1 is 1.06 bits per heavy atom. The number of alkyl halides is 6. The van der Waals surface area contributed by atoms with Crippen LogP contribution in [0.15, 0.2) is 36.4 Å². The maximum absolute atomic E-state index is 13.7. The monoisotopic (exact) mass is 518 g/mol. The van der Waals surface area contributed by atoms with Crippen molar-refractivity contribution >= 4 is 34.4 Å². The molecule has 1 aromatic heterocycles. The summed E-state index contributed by atoms with van der Waals surface area (Å²) in [5.74, 6) is -2.29. The lowest BCUT2D eigenvalue weighted by molar-refractivity contribution is -0.156. The van der Waals surface area contributed by atoms with E-state index in [-0.39, 0.29) is 27.7 Å². The highest BCUT2D eigenvalue weighted by molar-refractivity contribution is 6.34. The van der Waals surface area contributed by atoms with Gasteiger partial charge in [-0.3, -0.25) is 9.59 Å². The minimum absolute atomic E-state index is 0.0323. The number of hydrogen-bond donors (Lipinski definition) is 3. The molecule has 4 rings (SSSR count). The first-order valence-corrected chi connectivity index (χ1v) is 10.8. The number of fused-ring (bicyclic) bond motifs is 1. The van der Waals surface area contributed by atoms with Crippen LogP contribution in [0.5, 0.6) is 0 Å². The molecule has 1 aliphatic carbocycles. The van der Waals surface area contributed by atoms with Gasteiger partial charge < -0.3 is 15.6 Å². The van der Waals surface area contributed by atoms with Crippen LogP contribution in [0, 0.1) is 0 Å². The SMILES string of the molecule is O=C(NC(c1cccc(C(F)(F)F)c1)C(F)(F)F)c1nc2cc(C(=O)NC3CCC3)c(Cl)cc2[nH]1. The Labute approximate surface area is 199 Å². The molecule has 6 nitrogen and oxygen atoms in total. The fourth-order valence-corrected chi connectivity index (χ4v) is 3.83. The Morgan fingerprint density at radius 3 is 2.37 bits per heavy atom. The van der Waals surface area contributed by atoms with E-state index >= 15 is 0 Å². The third kappa shape index (κ3) is 5.37. The third-order valence-electron chi connectivity index (χ3n) is 5.62. The predicted molar refractivity (Wildman–Crippen MR) is 114 cm³/mol. The Morgan fingerprint density at radius 2 is 1.77 bits per heavy atom. The Bertz CT molecular complexity index is 1280. The summed E-state index contributed by atoms with van der Waals surface area (Å²) in [6, 6.07) is 2.52. The second-order valence-corrected chi connectivity index (χ2v) is 8.51. The summed E-state index contributed by atoms with van der Waals surface area (Å²) in [5.41, 5.74) is -1.72. The molecule has 2 amide bonds. The zero-order valence-electron chi connectivity index (χ0n) is 17.6. The second-order valence-electron chi connectivity index (χ2n) is 8.11. The molecule has 35 heavy (non-hydrogen) atoms. The van der Waals surface area contributed by atoms with Crippen molar-refractivity contribution in [2.45, 2.75) is 43.7 Å². The highest BCUT2D eigenvalue weighted by atomic mass is 35.5. The molecule has 186 valence electrons. The summed E-state index contributed by atoms with van der Waals surface area (Å²) in [7, 11) is 0. The van der Waals surface area contributed by atoms with E-state index in [1.54, 1.807) is 5.32 Å². The molecule has 0 spiro atoms. The first-order chi connectivity index (χ1) is 16.3. The van der Waals surface area contributed by atoms with E-state index in [9.17, 15) is 35.9 Å². The topological polar surface area (TPSA) is 86.9 Å². The minimum Gasteiger partial charge on any atom is -0.349 e. The highest BCUT2D eigenvalue weighted by Gasteiger charge is 2.43. The number of nitrogens with one attached hydrogen (secondary N) is 3. The Balaban J connectivity index is 1.60. The molecule has 1 fully saturated rings. The molecule has 1 aliphatic rings. The summed E-state index contributed by atoms with van der Waals surface area (Å²) < 4.78 is 79.9. The van der Waals surface area contributed by atoms with Crippen molar-refractivity contribution in [3.63, 3.8) is 0 Å². The van der Waals surface area contributed by atoms with Crippen LogP contribution in [-0.2, 0) is 6.18 Å². The van der Waals surface area contributed by atoms with Crippen molar-refractivity contribution in [2.24, 2.45) is 0 Å². The number of benzene rings is 2. The second kappa shape index (κ2) is 9.06. The Kier molecular flexibility index (Phi) is 6.43. The van der Waals surface area contributed by atoms with Crippen LogP contribution in [0.3, 0.4) is 0 Å². The molecular weight excluding hydrogens is 502 g/mol. The van der Waals surface area contributed by atoms with Gasteiger partial charge in [0.2, 0.25) is 0 Å². The van der Waals surface area contributed by atoms with Crippen LogP contribution in [-0.4, -0.2) is 34.0 Å². The largest absolute Gasteiger partial charge is 0.416 e. The number of amides is 2. The number of hydrogen-bond acceptors (Lipinski definition) is 3. The molecule has 1 atom stereocenters. The number of H-pyrrole nitrogens is 1. The molecule has 0 radical (unpaired) electrons. The minimum atomic E-state index is -5.10. The van der Waals surface area contributed by atoms with Gasteiger partial charge in [-0.25, -0.2) is 4.98 Å². The number of rotatable bonds is 5. The normalized spacial score (nSPS) is 15.5. The lowest BCUT2D eigenvalue weighted by atomic mass is 9.93. The molecule has 1 unspecified atom stereocenters. The van der Waals surface area contributed by atoms with E-state index in [2.05, 4.69) is 15.3 Å². The van der Waals surface area contributed by atoms with Crippen molar-refractivity contribution < 1.29 is 35.9 Å². The van der Waals surface area contributed by atoms with Crippen molar-refractivity contribution in [2.75, 3.05) is 0 Å². The van der Waals surface area contributed by atoms with Crippen LogP contribution in [0.2, 0.25) is 5.02 Å². The van der Waals surface area contributed by atoms with E-state index in [4.69, 9.17) is 11.6 Å². The van der Waals surface area contributed by atoms with Crippen LogP contribution in [0.4, 0.5) is 26.3 Å². The van der Waals surface area contributed by atoms with Crippen molar-refractivity contribution in [1.29, 1.82) is 0 Å². The molecule has 13 heteroatoms. The van der Waals surface area contributed by atoms with Gasteiger partial charge in [0.15, 0.2) is 11.9 Å². The van der Waals surface area contributed by atoms with E-state index < -0.39 is 47.2 Å². The average molecular weight is 519 g/mol. The third-order valence-corrected chi connectivity index (χ3v) is 5.93. The number of carbonyl (C=O) groups excluding carboxylic acids is 2. The fraction of sp³-hybridized carbons (Fsp3) is 0.318. The first kappa shape index (κ1) is 24.8. The van der Waals surface area contributed by atoms with Gasteiger partial charge in [0.25, 0.3) is 11.8 Å². The Hall–Kier alpha value is -3.28. The number of aromatic nitrogens is 2. The zero-order chi connectivity index (χ0) is 25.5. The highest BCUT2D eigenvalue weighted by Crippen LogP contribution is 2.36. The molecule has 2 aromatic carbocycles. The number of carbonyl (C=O) groups is 2. The van der Waals surface area contributed by atoms with Gasteiger partial charge in [0, 0.05) is 6.04 Å². The molecule has 1 heterocycles. The predicted octanol–water partition coefficient (Wildman–Crippen LogP) is 5.55. The van der Waals surface area contributed by atoms with Gasteiger partial charge in [0.1, 0.15) is 0 Å². The summed E-state index contributed by atoms with van der Waals surface area (Å²) in [6.45, 7) is 0. The molecule has 1 saturated carbocycles. The van der Waals surface area contributed by atoms with Gasteiger partial charge in [-0.15, -0.1) is 0 Å². The van der Waals surface area contributed by atoms with Gasteiger partial charge >= 0.3 is 12.4 Å². The first-order valence-electron chi connectivity index (χ1n) is 10.4. The standard InChI is InChI=1S/C22H17ClF6N4O2/c23-14-9-16-15(8-13(14)19(34)30-12-5-2-6-12)31-18(32-16)20(35)33-17(22(27,28)29)10-3-1-4-11(7-10)21(24,25)26/h1,3-4,7-9,12,17H,2,5-6H2,(H,30,34)(H,31,32)(H,33,35). The number of aromatic amines is 1. The van der Waals surface area contributed by atoms with E-state index in [1.807, 2.05) is 0 Å². The van der Waals surface area contributed by atoms with Crippen molar-refractivity contribution in [1.82, 2.24) is 20.6 Å². The molecule has 0 bridgehead atoms. The summed E-state index contributed by atoms with van der Waals surface area (Å²) in [5, 5.41) is 4.53. The molecule has 0 saturated heterocycles. The van der Waals surface area contributed by atoms with Crippen LogP contribution in [0.25, 0.3) is 11.0 Å². The van der Waals surface area contributed by atoms with Gasteiger partial charge in [-0.2, -0.15) is 26.3 Å². The van der Waals surface area contributed by atoms with E-state index in [1.165, 1.54) is 12.1 Å². The smallest absolute Gasteiger partial charge is 0.349 e. The van der Waals surface area contributed by atoms with E-state index in [0.717, 1.165) is 31.4 Å². The summed E-state index contributed by atoms with van der Waals surface area (Å²) in [4.78, 5) is 31.5. The number of halogens is 7. The molecule has 3 N–H and O–H groups in total. The lowest BCUT2D eigenvalue weighted by Crippen LogP contribution is -2.39. The van der Waals surface area contributed by atoms with Crippen molar-refractivity contribution in [3.05, 3.63) is 63.9 Å².